The van der Waals surface area contributed by atoms with Crippen molar-refractivity contribution >= 4 is 15.5 Å². The third kappa shape index (κ3) is 6.91. The van der Waals surface area contributed by atoms with Crippen molar-refractivity contribution in [3.63, 3.8) is 0 Å². The van der Waals surface area contributed by atoms with Gasteiger partial charge >= 0.3 is 0 Å². The number of imidazole rings is 1. The van der Waals surface area contributed by atoms with Crippen LogP contribution < -0.4 is 15.0 Å². The van der Waals surface area contributed by atoms with Crippen LogP contribution in [-0.4, -0.2) is 46.3 Å². The predicted octanol–water partition coefficient (Wildman–Crippen LogP) is 5.27. The molecule has 2 atom stereocenters. The Balaban J connectivity index is 1.78. The topological polar surface area (TPSA) is 139 Å². The molecule has 0 saturated heterocycles. The molecule has 3 N–H and O–H groups in total. The monoisotopic (exact) mass is 595 g/mol. The Labute approximate surface area is 247 Å². The number of hydrogen-bond acceptors (Lipinski definition) is 7. The molecular formula is C31H41N5O5S. The lowest BCUT2D eigenvalue weighted by atomic mass is 9.97. The first-order valence-electron chi connectivity index (χ1n) is 14.7. The molecule has 0 saturated carbocycles. The lowest BCUT2D eigenvalue weighted by Gasteiger charge is -2.18. The summed E-state index contributed by atoms with van der Waals surface area (Å²) in [5.41, 5.74) is 1.56. The first-order chi connectivity index (χ1) is 20.2. The molecule has 2 heterocycles. The molecule has 0 radical (unpaired) electrons. The van der Waals surface area contributed by atoms with Gasteiger partial charge in [-0.15, -0.1) is 5.10 Å². The number of benzene rings is 2. The fourth-order valence-corrected chi connectivity index (χ4v) is 6.45. The van der Waals surface area contributed by atoms with Gasteiger partial charge in [0.25, 0.3) is 5.56 Å². The fourth-order valence-electron chi connectivity index (χ4n) is 5.21. The van der Waals surface area contributed by atoms with E-state index in [0.717, 1.165) is 37.9 Å². The number of aryl methyl sites for hydroxylation is 1. The van der Waals surface area contributed by atoms with E-state index in [0.29, 0.717) is 34.7 Å². The van der Waals surface area contributed by atoms with Gasteiger partial charge in [0, 0.05) is 5.92 Å². The van der Waals surface area contributed by atoms with Gasteiger partial charge in [-0.2, -0.15) is 0 Å². The van der Waals surface area contributed by atoms with Gasteiger partial charge < -0.3 is 14.8 Å². The number of hydrogen-bond donors (Lipinski definition) is 3. The maximum absolute atomic E-state index is 13.5. The van der Waals surface area contributed by atoms with Crippen molar-refractivity contribution in [2.75, 3.05) is 13.2 Å². The highest BCUT2D eigenvalue weighted by atomic mass is 32.2. The van der Waals surface area contributed by atoms with Gasteiger partial charge in [-0.1, -0.05) is 69.9 Å². The van der Waals surface area contributed by atoms with Gasteiger partial charge in [-0.25, -0.2) is 22.6 Å². The number of aromatic amines is 1. The van der Waals surface area contributed by atoms with Crippen LogP contribution in [0.5, 0.6) is 5.75 Å². The summed E-state index contributed by atoms with van der Waals surface area (Å²) in [7, 11) is -4.08. The summed E-state index contributed by atoms with van der Waals surface area (Å²) < 4.78 is 37.0. The van der Waals surface area contributed by atoms with E-state index in [1.54, 1.807) is 41.8 Å². The average molecular weight is 596 g/mol. The lowest BCUT2D eigenvalue weighted by molar-refractivity contribution is 0.259. The highest BCUT2D eigenvalue weighted by molar-refractivity contribution is 7.89. The summed E-state index contributed by atoms with van der Waals surface area (Å²) in [6.07, 6.45) is 6.33. The standard InChI is InChI=1S/C31H41N5O5S/c1-5-8-9-11-14-22(6-2)30-32-21(4)28-31(38)33-29(34-36(28)30)25-19-24(17-18-27(25)41-7-3)42(39,40)35-26(20-37)23-15-12-10-13-16-23/h10,12-13,15-19,22,26,35,37H,5-9,11,14,20H2,1-4H3,(H,33,34,38)/t22?,26-/m1/s1. The number of aromatic nitrogens is 4. The van der Waals surface area contributed by atoms with E-state index in [9.17, 15) is 18.3 Å². The van der Waals surface area contributed by atoms with Crippen LogP contribution in [0.4, 0.5) is 0 Å². The van der Waals surface area contributed by atoms with Gasteiger partial charge in [0.05, 0.1) is 35.4 Å². The molecule has 42 heavy (non-hydrogen) atoms. The Morgan fingerprint density at radius 3 is 2.50 bits per heavy atom. The van der Waals surface area contributed by atoms with Crippen LogP contribution in [0.2, 0.25) is 0 Å². The number of ether oxygens (including phenoxy) is 1. The Hall–Kier alpha value is -3.54. The van der Waals surface area contributed by atoms with E-state index >= 15 is 0 Å². The summed E-state index contributed by atoms with van der Waals surface area (Å²) in [6.45, 7) is 7.82. The van der Waals surface area contributed by atoms with Crippen LogP contribution in [0, 0.1) is 6.92 Å². The van der Waals surface area contributed by atoms with Crippen molar-refractivity contribution in [1.29, 1.82) is 0 Å². The highest BCUT2D eigenvalue weighted by Crippen LogP contribution is 2.32. The summed E-state index contributed by atoms with van der Waals surface area (Å²) in [5.74, 6) is 1.41. The molecule has 2 aromatic carbocycles. The smallest absolute Gasteiger partial charge is 0.277 e. The molecule has 4 rings (SSSR count). The quantitative estimate of drug-likeness (QED) is 0.159. The number of nitrogens with zero attached hydrogens (tertiary/aromatic N) is 3. The molecular weight excluding hydrogens is 554 g/mol. The normalized spacial score (nSPS) is 13.4. The van der Waals surface area contributed by atoms with Crippen LogP contribution in [-0.2, 0) is 10.0 Å². The number of unbranched alkanes of at least 4 members (excludes halogenated alkanes) is 3. The molecule has 0 aliphatic heterocycles. The van der Waals surface area contributed by atoms with Crippen molar-refractivity contribution < 1.29 is 18.3 Å². The minimum Gasteiger partial charge on any atom is -0.493 e. The van der Waals surface area contributed by atoms with E-state index < -0.39 is 22.7 Å². The van der Waals surface area contributed by atoms with Crippen molar-refractivity contribution in [2.45, 2.75) is 83.1 Å². The number of fused-ring (bicyclic) bond motifs is 1. The highest BCUT2D eigenvalue weighted by Gasteiger charge is 2.25. The zero-order valence-corrected chi connectivity index (χ0v) is 25.6. The van der Waals surface area contributed by atoms with Crippen LogP contribution in [0.3, 0.4) is 0 Å². The maximum Gasteiger partial charge on any atom is 0.277 e. The first kappa shape index (κ1) is 31.4. The largest absolute Gasteiger partial charge is 0.493 e. The number of nitrogens with one attached hydrogen (secondary N) is 2. The van der Waals surface area contributed by atoms with Crippen molar-refractivity contribution in [2.24, 2.45) is 0 Å². The summed E-state index contributed by atoms with van der Waals surface area (Å²) in [4.78, 5) is 20.9. The van der Waals surface area contributed by atoms with Crippen molar-refractivity contribution in [3.05, 3.63) is 76.0 Å². The van der Waals surface area contributed by atoms with Gasteiger partial charge in [0.1, 0.15) is 11.6 Å². The number of H-pyrrole nitrogens is 1. The van der Waals surface area contributed by atoms with Crippen LogP contribution >= 0.6 is 0 Å². The van der Waals surface area contributed by atoms with Gasteiger partial charge in [0.15, 0.2) is 11.3 Å². The molecule has 1 unspecified atom stereocenters. The number of rotatable bonds is 15. The molecule has 11 heteroatoms. The summed E-state index contributed by atoms with van der Waals surface area (Å²) in [5, 5.41) is 14.7. The third-order valence-electron chi connectivity index (χ3n) is 7.46. The van der Waals surface area contributed by atoms with E-state index in [1.165, 1.54) is 18.6 Å². The zero-order chi connectivity index (χ0) is 30.3. The Bertz CT molecular complexity index is 1650. The second-order valence-electron chi connectivity index (χ2n) is 10.4. The van der Waals surface area contributed by atoms with Crippen molar-refractivity contribution in [3.8, 4) is 17.1 Å². The minimum atomic E-state index is -4.08. The van der Waals surface area contributed by atoms with Gasteiger partial charge in [-0.3, -0.25) is 4.79 Å². The third-order valence-corrected chi connectivity index (χ3v) is 8.93. The molecule has 0 spiro atoms. The first-order valence-corrected chi connectivity index (χ1v) is 16.2. The van der Waals surface area contributed by atoms with E-state index in [4.69, 9.17) is 14.8 Å². The van der Waals surface area contributed by atoms with Gasteiger partial charge in [-0.05, 0) is 50.5 Å². The molecule has 0 aliphatic carbocycles. The average Bonchev–Trinajstić information content (AvgIpc) is 3.33. The van der Waals surface area contributed by atoms with Crippen LogP contribution in [0.25, 0.3) is 16.9 Å². The lowest BCUT2D eigenvalue weighted by Crippen LogP contribution is -2.31. The molecule has 226 valence electrons. The molecule has 4 aromatic rings. The maximum atomic E-state index is 13.5. The van der Waals surface area contributed by atoms with Crippen molar-refractivity contribution in [1.82, 2.24) is 24.3 Å². The fraction of sp³-hybridized carbons (Fsp3) is 0.452. The Morgan fingerprint density at radius 1 is 1.07 bits per heavy atom. The Morgan fingerprint density at radius 2 is 1.83 bits per heavy atom. The van der Waals surface area contributed by atoms with E-state index in [2.05, 4.69) is 23.6 Å². The SMILES string of the molecule is CCCCCCC(CC)c1nc(C)c2c(=O)[nH]c(-c3cc(S(=O)(=O)N[C@H](CO)c4ccccc4)ccc3OCC)nn12. The van der Waals surface area contributed by atoms with Crippen LogP contribution in [0.1, 0.15) is 88.3 Å². The molecule has 0 fully saturated rings. The van der Waals surface area contributed by atoms with E-state index in [1.807, 2.05) is 13.0 Å². The second-order valence-corrected chi connectivity index (χ2v) is 12.1. The molecule has 2 aromatic heterocycles. The Kier molecular flexibility index (Phi) is 10.5. The molecule has 0 aliphatic rings. The van der Waals surface area contributed by atoms with Crippen LogP contribution in [0.15, 0.2) is 58.2 Å². The minimum absolute atomic E-state index is 0.0533. The number of aliphatic hydroxyl groups is 1. The summed E-state index contributed by atoms with van der Waals surface area (Å²) >= 11 is 0. The predicted molar refractivity (Wildman–Crippen MR) is 163 cm³/mol. The molecule has 0 amide bonds. The molecule has 0 bridgehead atoms. The zero-order valence-electron chi connectivity index (χ0n) is 24.8. The second kappa shape index (κ2) is 14.1. The van der Waals surface area contributed by atoms with E-state index in [-0.39, 0.29) is 22.2 Å². The summed E-state index contributed by atoms with van der Waals surface area (Å²) in [6, 6.07) is 12.4. The number of sulfonamides is 1. The number of aliphatic hydroxyl groups excluding tert-OH is 1. The van der Waals surface area contributed by atoms with Gasteiger partial charge in [0.2, 0.25) is 10.0 Å². The molecule has 10 nitrogen and oxygen atoms in total.